The first-order valence-corrected chi connectivity index (χ1v) is 4.79. The summed E-state index contributed by atoms with van der Waals surface area (Å²) in [6.45, 7) is 2.02. The minimum absolute atomic E-state index is 0.200. The molecule has 2 rings (SSSR count). The van der Waals surface area contributed by atoms with Gasteiger partial charge in [0, 0.05) is 17.5 Å². The molecule has 0 amide bonds. The number of ether oxygens (including phenoxy) is 2. The molecule has 1 aromatic carbocycles. The van der Waals surface area contributed by atoms with Crippen LogP contribution < -0.4 is 9.47 Å². The molecule has 15 heavy (non-hydrogen) atoms. The molecular formula is C11H13NO3. The van der Waals surface area contributed by atoms with E-state index in [0.29, 0.717) is 11.3 Å². The summed E-state index contributed by atoms with van der Waals surface area (Å²) < 4.78 is 10.8. The van der Waals surface area contributed by atoms with E-state index in [1.54, 1.807) is 7.11 Å². The van der Waals surface area contributed by atoms with E-state index in [2.05, 4.69) is 5.16 Å². The Kier molecular flexibility index (Phi) is 2.49. The van der Waals surface area contributed by atoms with E-state index < -0.39 is 0 Å². The molecule has 4 nitrogen and oxygen atoms in total. The highest BCUT2D eigenvalue weighted by Crippen LogP contribution is 2.34. The number of hydrogen-bond donors (Lipinski definition) is 1. The molecular weight excluding hydrogens is 194 g/mol. The Bertz CT molecular complexity index is 401. The van der Waals surface area contributed by atoms with Crippen LogP contribution in [-0.4, -0.2) is 24.6 Å². The third-order valence-corrected chi connectivity index (χ3v) is 2.45. The first-order chi connectivity index (χ1) is 7.24. The maximum Gasteiger partial charge on any atom is 0.128 e. The summed E-state index contributed by atoms with van der Waals surface area (Å²) >= 11 is 0. The third kappa shape index (κ3) is 1.75. The van der Waals surface area contributed by atoms with Crippen molar-refractivity contribution in [1.82, 2.24) is 0 Å². The van der Waals surface area contributed by atoms with E-state index in [-0.39, 0.29) is 6.10 Å². The second kappa shape index (κ2) is 3.81. The number of fused-ring (bicyclic) bond motifs is 1. The Morgan fingerprint density at radius 1 is 1.60 bits per heavy atom. The SMILES string of the molecule is COc1cc2c(cc1/C=N/O)OC(C)C2. The van der Waals surface area contributed by atoms with Crippen LogP contribution >= 0.6 is 0 Å². The highest BCUT2D eigenvalue weighted by atomic mass is 16.5. The van der Waals surface area contributed by atoms with Gasteiger partial charge in [-0.25, -0.2) is 0 Å². The van der Waals surface area contributed by atoms with Gasteiger partial charge < -0.3 is 14.7 Å². The van der Waals surface area contributed by atoms with E-state index >= 15 is 0 Å². The van der Waals surface area contributed by atoms with Crippen molar-refractivity contribution in [3.63, 3.8) is 0 Å². The van der Waals surface area contributed by atoms with Gasteiger partial charge in [-0.05, 0) is 19.1 Å². The number of nitrogens with zero attached hydrogens (tertiary/aromatic N) is 1. The largest absolute Gasteiger partial charge is 0.496 e. The molecule has 0 bridgehead atoms. The van der Waals surface area contributed by atoms with Crippen molar-refractivity contribution in [3.8, 4) is 11.5 Å². The quantitative estimate of drug-likeness (QED) is 0.457. The average molecular weight is 207 g/mol. The highest BCUT2D eigenvalue weighted by Gasteiger charge is 2.21. The first kappa shape index (κ1) is 9.83. The standard InChI is InChI=1S/C11H13NO3/c1-7-3-8-4-10(14-2)9(6-12-13)5-11(8)15-7/h4-7,13H,3H2,1-2H3/b12-6+. The van der Waals surface area contributed by atoms with Gasteiger partial charge in [0.25, 0.3) is 0 Å². The second-order valence-corrected chi connectivity index (χ2v) is 3.58. The molecule has 0 fully saturated rings. The van der Waals surface area contributed by atoms with Crippen LogP contribution in [0.5, 0.6) is 11.5 Å². The highest BCUT2D eigenvalue weighted by molar-refractivity contribution is 5.84. The molecule has 0 aromatic heterocycles. The molecule has 1 aliphatic heterocycles. The lowest BCUT2D eigenvalue weighted by molar-refractivity contribution is 0.254. The van der Waals surface area contributed by atoms with Crippen LogP contribution in [0, 0.1) is 0 Å². The van der Waals surface area contributed by atoms with Gasteiger partial charge in [0.2, 0.25) is 0 Å². The van der Waals surface area contributed by atoms with Gasteiger partial charge in [0.15, 0.2) is 0 Å². The van der Waals surface area contributed by atoms with E-state index in [4.69, 9.17) is 14.7 Å². The average Bonchev–Trinajstić information content (AvgIpc) is 2.56. The van der Waals surface area contributed by atoms with Crippen molar-refractivity contribution in [1.29, 1.82) is 0 Å². The van der Waals surface area contributed by atoms with Gasteiger partial charge in [-0.3, -0.25) is 0 Å². The van der Waals surface area contributed by atoms with Crippen molar-refractivity contribution in [2.75, 3.05) is 7.11 Å². The van der Waals surface area contributed by atoms with Gasteiger partial charge >= 0.3 is 0 Å². The molecule has 0 spiro atoms. The van der Waals surface area contributed by atoms with Crippen LogP contribution in [-0.2, 0) is 6.42 Å². The molecule has 4 heteroatoms. The zero-order chi connectivity index (χ0) is 10.8. The van der Waals surface area contributed by atoms with Crippen LogP contribution in [0.25, 0.3) is 0 Å². The van der Waals surface area contributed by atoms with E-state index in [0.717, 1.165) is 17.7 Å². The molecule has 0 radical (unpaired) electrons. The fourth-order valence-electron chi connectivity index (χ4n) is 1.79. The second-order valence-electron chi connectivity index (χ2n) is 3.58. The van der Waals surface area contributed by atoms with Crippen molar-refractivity contribution in [2.45, 2.75) is 19.4 Å². The Hall–Kier alpha value is -1.71. The predicted molar refractivity (Wildman–Crippen MR) is 56.2 cm³/mol. The van der Waals surface area contributed by atoms with Crippen LogP contribution in [0.3, 0.4) is 0 Å². The molecule has 0 saturated heterocycles. The monoisotopic (exact) mass is 207 g/mol. The summed E-state index contributed by atoms with van der Waals surface area (Å²) in [6, 6.07) is 3.76. The number of oxime groups is 1. The van der Waals surface area contributed by atoms with Crippen molar-refractivity contribution in [2.24, 2.45) is 5.16 Å². The van der Waals surface area contributed by atoms with Gasteiger partial charge in [-0.2, -0.15) is 0 Å². The lowest BCUT2D eigenvalue weighted by atomic mass is 10.1. The van der Waals surface area contributed by atoms with Crippen molar-refractivity contribution >= 4 is 6.21 Å². The lowest BCUT2D eigenvalue weighted by Crippen LogP contribution is -2.05. The third-order valence-electron chi connectivity index (χ3n) is 2.45. The fourth-order valence-corrected chi connectivity index (χ4v) is 1.79. The minimum atomic E-state index is 0.200. The molecule has 0 aliphatic carbocycles. The Morgan fingerprint density at radius 3 is 3.07 bits per heavy atom. The van der Waals surface area contributed by atoms with Gasteiger partial charge in [0.05, 0.1) is 13.3 Å². The van der Waals surface area contributed by atoms with Gasteiger partial charge in [-0.1, -0.05) is 5.16 Å². The number of rotatable bonds is 2. The molecule has 0 saturated carbocycles. The molecule has 1 unspecified atom stereocenters. The smallest absolute Gasteiger partial charge is 0.128 e. The summed E-state index contributed by atoms with van der Waals surface area (Å²) in [4.78, 5) is 0. The summed E-state index contributed by atoms with van der Waals surface area (Å²) in [7, 11) is 1.59. The summed E-state index contributed by atoms with van der Waals surface area (Å²) in [5.74, 6) is 1.54. The summed E-state index contributed by atoms with van der Waals surface area (Å²) in [5, 5.41) is 11.5. The Morgan fingerprint density at radius 2 is 2.40 bits per heavy atom. The molecule has 1 atom stereocenters. The van der Waals surface area contributed by atoms with Crippen LogP contribution in [0.4, 0.5) is 0 Å². The van der Waals surface area contributed by atoms with Crippen LogP contribution in [0.2, 0.25) is 0 Å². The number of methoxy groups -OCH3 is 1. The predicted octanol–water partition coefficient (Wildman–Crippen LogP) is 1.83. The van der Waals surface area contributed by atoms with E-state index in [1.165, 1.54) is 6.21 Å². The van der Waals surface area contributed by atoms with Gasteiger partial charge in [-0.15, -0.1) is 0 Å². The van der Waals surface area contributed by atoms with Gasteiger partial charge in [0.1, 0.15) is 17.6 Å². The molecule has 1 aromatic rings. The molecule has 1 aliphatic rings. The van der Waals surface area contributed by atoms with Crippen LogP contribution in [0.1, 0.15) is 18.1 Å². The fraction of sp³-hybridized carbons (Fsp3) is 0.364. The molecule has 1 heterocycles. The maximum atomic E-state index is 8.51. The topological polar surface area (TPSA) is 51.0 Å². The molecule has 80 valence electrons. The minimum Gasteiger partial charge on any atom is -0.496 e. The Labute approximate surface area is 88.1 Å². The number of benzene rings is 1. The van der Waals surface area contributed by atoms with Crippen molar-refractivity contribution < 1.29 is 14.7 Å². The normalized spacial score (nSPS) is 18.9. The summed E-state index contributed by atoms with van der Waals surface area (Å²) in [5.41, 5.74) is 1.85. The van der Waals surface area contributed by atoms with Crippen LogP contribution in [0.15, 0.2) is 17.3 Å². The Balaban J connectivity index is 2.45. The van der Waals surface area contributed by atoms with E-state index in [9.17, 15) is 0 Å². The maximum absolute atomic E-state index is 8.51. The summed E-state index contributed by atoms with van der Waals surface area (Å²) in [6.07, 6.45) is 2.43. The lowest BCUT2D eigenvalue weighted by Gasteiger charge is -2.07. The van der Waals surface area contributed by atoms with E-state index in [1.807, 2.05) is 19.1 Å². The molecule has 1 N–H and O–H groups in total. The zero-order valence-corrected chi connectivity index (χ0v) is 8.73. The zero-order valence-electron chi connectivity index (χ0n) is 8.73. The first-order valence-electron chi connectivity index (χ1n) is 4.79. The van der Waals surface area contributed by atoms with Crippen molar-refractivity contribution in [3.05, 3.63) is 23.3 Å². The number of hydrogen-bond acceptors (Lipinski definition) is 4.